The van der Waals surface area contributed by atoms with Crippen LogP contribution in [0.1, 0.15) is 21.6 Å². The predicted octanol–water partition coefficient (Wildman–Crippen LogP) is 2.65. The molecule has 18 heavy (non-hydrogen) atoms. The van der Waals surface area contributed by atoms with Gasteiger partial charge in [0.15, 0.2) is 0 Å². The average Bonchev–Trinajstić information content (AvgIpc) is 2.27. The van der Waals surface area contributed by atoms with Gasteiger partial charge < -0.3 is 5.11 Å². The van der Waals surface area contributed by atoms with Crippen molar-refractivity contribution < 1.29 is 18.7 Å². The van der Waals surface area contributed by atoms with Crippen LogP contribution in [0, 0.1) is 11.6 Å². The van der Waals surface area contributed by atoms with Gasteiger partial charge in [0.2, 0.25) is 0 Å². The molecule has 0 atom stereocenters. The fraction of sp³-hybridized carbons (Fsp3) is 0.0769. The number of aromatic nitrogens is 1. The van der Waals surface area contributed by atoms with Crippen LogP contribution >= 0.6 is 0 Å². The molecule has 92 valence electrons. The lowest BCUT2D eigenvalue weighted by molar-refractivity contribution is 0.0696. The standard InChI is InChI=1S/C13H9F2NO2/c14-10-3-8(4-11(15)7-10)5-12-6-9(13(17)18)1-2-16-12/h1-4,6-7H,5H2,(H,17,18). The summed E-state index contributed by atoms with van der Waals surface area (Å²) in [6.45, 7) is 0. The highest BCUT2D eigenvalue weighted by molar-refractivity contribution is 5.87. The lowest BCUT2D eigenvalue weighted by Crippen LogP contribution is -2.00. The van der Waals surface area contributed by atoms with Crippen molar-refractivity contribution in [2.45, 2.75) is 6.42 Å². The van der Waals surface area contributed by atoms with Crippen LogP contribution in [-0.4, -0.2) is 16.1 Å². The Hall–Kier alpha value is -2.30. The summed E-state index contributed by atoms with van der Waals surface area (Å²) in [4.78, 5) is 14.7. The van der Waals surface area contributed by atoms with Crippen molar-refractivity contribution >= 4 is 5.97 Å². The molecule has 0 unspecified atom stereocenters. The minimum Gasteiger partial charge on any atom is -0.478 e. The van der Waals surface area contributed by atoms with E-state index in [9.17, 15) is 13.6 Å². The number of carboxylic acids is 1. The lowest BCUT2D eigenvalue weighted by Gasteiger charge is -2.03. The topological polar surface area (TPSA) is 50.2 Å². The Kier molecular flexibility index (Phi) is 3.32. The highest BCUT2D eigenvalue weighted by atomic mass is 19.1. The second kappa shape index (κ2) is 4.91. The molecular formula is C13H9F2NO2. The molecule has 0 aliphatic rings. The molecule has 0 saturated heterocycles. The number of carboxylic acid groups (broad SMARTS) is 1. The normalized spacial score (nSPS) is 10.3. The van der Waals surface area contributed by atoms with E-state index in [1.807, 2.05) is 0 Å². The molecule has 5 heteroatoms. The number of aromatic carboxylic acids is 1. The zero-order chi connectivity index (χ0) is 13.1. The van der Waals surface area contributed by atoms with Crippen molar-refractivity contribution in [3.05, 3.63) is 65.0 Å². The van der Waals surface area contributed by atoms with E-state index >= 15 is 0 Å². The van der Waals surface area contributed by atoms with Crippen LogP contribution in [0.15, 0.2) is 36.5 Å². The molecule has 0 saturated carbocycles. The maximum absolute atomic E-state index is 13.0. The average molecular weight is 249 g/mol. The summed E-state index contributed by atoms with van der Waals surface area (Å²) in [5.41, 5.74) is 0.944. The summed E-state index contributed by atoms with van der Waals surface area (Å²) in [6.07, 6.45) is 1.53. The summed E-state index contributed by atoms with van der Waals surface area (Å²) < 4.78 is 26.0. The Morgan fingerprint density at radius 2 is 1.83 bits per heavy atom. The van der Waals surface area contributed by atoms with Crippen molar-refractivity contribution in [3.8, 4) is 0 Å². The van der Waals surface area contributed by atoms with Gasteiger partial charge in [0.25, 0.3) is 0 Å². The molecule has 1 heterocycles. The van der Waals surface area contributed by atoms with Gasteiger partial charge in [-0.05, 0) is 29.8 Å². The van der Waals surface area contributed by atoms with Crippen molar-refractivity contribution in [3.63, 3.8) is 0 Å². The lowest BCUT2D eigenvalue weighted by atomic mass is 10.1. The third-order valence-electron chi connectivity index (χ3n) is 2.37. The van der Waals surface area contributed by atoms with Gasteiger partial charge in [-0.25, -0.2) is 13.6 Å². The van der Waals surface area contributed by atoms with Gasteiger partial charge in [0.1, 0.15) is 11.6 Å². The minimum absolute atomic E-state index is 0.0943. The smallest absolute Gasteiger partial charge is 0.335 e. The third kappa shape index (κ3) is 2.88. The summed E-state index contributed by atoms with van der Waals surface area (Å²) >= 11 is 0. The Morgan fingerprint density at radius 1 is 1.17 bits per heavy atom. The quantitative estimate of drug-likeness (QED) is 0.909. The van der Waals surface area contributed by atoms with E-state index in [-0.39, 0.29) is 12.0 Å². The van der Waals surface area contributed by atoms with Crippen LogP contribution in [0.2, 0.25) is 0 Å². The monoisotopic (exact) mass is 249 g/mol. The number of halogens is 2. The molecule has 0 amide bonds. The molecule has 0 radical (unpaired) electrons. The molecule has 1 N–H and O–H groups in total. The molecule has 1 aromatic heterocycles. The predicted molar refractivity (Wildman–Crippen MR) is 60.4 cm³/mol. The maximum Gasteiger partial charge on any atom is 0.335 e. The molecule has 0 aliphatic carbocycles. The van der Waals surface area contributed by atoms with E-state index in [1.54, 1.807) is 0 Å². The van der Waals surface area contributed by atoms with Gasteiger partial charge in [-0.1, -0.05) is 0 Å². The minimum atomic E-state index is -1.07. The summed E-state index contributed by atoms with van der Waals surface area (Å²) in [5, 5.41) is 8.82. The second-order valence-corrected chi connectivity index (χ2v) is 3.80. The summed E-state index contributed by atoms with van der Waals surface area (Å²) in [7, 11) is 0. The van der Waals surface area contributed by atoms with Crippen LogP contribution in [-0.2, 0) is 6.42 Å². The number of hydrogen-bond acceptors (Lipinski definition) is 2. The first kappa shape index (κ1) is 12.2. The van der Waals surface area contributed by atoms with Gasteiger partial charge in [0, 0.05) is 24.4 Å². The maximum atomic E-state index is 13.0. The van der Waals surface area contributed by atoms with Gasteiger partial charge in [0.05, 0.1) is 5.56 Å². The van der Waals surface area contributed by atoms with E-state index < -0.39 is 17.6 Å². The van der Waals surface area contributed by atoms with Crippen molar-refractivity contribution in [1.82, 2.24) is 4.98 Å². The molecule has 0 aliphatic heterocycles. The van der Waals surface area contributed by atoms with E-state index in [1.165, 1.54) is 30.5 Å². The second-order valence-electron chi connectivity index (χ2n) is 3.80. The van der Waals surface area contributed by atoms with Crippen LogP contribution in [0.4, 0.5) is 8.78 Å². The van der Waals surface area contributed by atoms with Crippen LogP contribution in [0.25, 0.3) is 0 Å². The number of hydrogen-bond donors (Lipinski definition) is 1. The summed E-state index contributed by atoms with van der Waals surface area (Å²) in [5.74, 6) is -2.40. The first-order chi connectivity index (χ1) is 8.54. The van der Waals surface area contributed by atoms with E-state index in [0.29, 0.717) is 11.3 Å². The zero-order valence-corrected chi connectivity index (χ0v) is 9.23. The van der Waals surface area contributed by atoms with Crippen LogP contribution in [0.5, 0.6) is 0 Å². The summed E-state index contributed by atoms with van der Waals surface area (Å²) in [6, 6.07) is 5.91. The molecule has 0 bridgehead atoms. The molecule has 0 spiro atoms. The molecular weight excluding hydrogens is 240 g/mol. The Bertz CT molecular complexity index is 579. The molecule has 0 fully saturated rings. The number of pyridine rings is 1. The van der Waals surface area contributed by atoms with Crippen LogP contribution in [0.3, 0.4) is 0 Å². The van der Waals surface area contributed by atoms with Crippen LogP contribution < -0.4 is 0 Å². The molecule has 1 aromatic carbocycles. The zero-order valence-electron chi connectivity index (χ0n) is 9.23. The van der Waals surface area contributed by atoms with Gasteiger partial charge >= 0.3 is 5.97 Å². The Labute approximate surface area is 102 Å². The third-order valence-corrected chi connectivity index (χ3v) is 2.37. The highest BCUT2D eigenvalue weighted by Crippen LogP contribution is 2.13. The van der Waals surface area contributed by atoms with Gasteiger partial charge in [-0.3, -0.25) is 4.98 Å². The fourth-order valence-electron chi connectivity index (χ4n) is 1.63. The number of benzene rings is 1. The SMILES string of the molecule is O=C(O)c1ccnc(Cc2cc(F)cc(F)c2)c1. The first-order valence-electron chi connectivity index (χ1n) is 5.18. The molecule has 2 rings (SSSR count). The van der Waals surface area contributed by atoms with Crippen molar-refractivity contribution in [2.75, 3.05) is 0 Å². The van der Waals surface area contributed by atoms with E-state index in [4.69, 9.17) is 5.11 Å². The fourth-order valence-corrected chi connectivity index (χ4v) is 1.63. The first-order valence-corrected chi connectivity index (χ1v) is 5.18. The number of rotatable bonds is 3. The van der Waals surface area contributed by atoms with E-state index in [0.717, 1.165) is 6.07 Å². The largest absolute Gasteiger partial charge is 0.478 e. The van der Waals surface area contributed by atoms with Crippen molar-refractivity contribution in [2.24, 2.45) is 0 Å². The Morgan fingerprint density at radius 3 is 2.44 bits per heavy atom. The number of nitrogens with zero attached hydrogens (tertiary/aromatic N) is 1. The highest BCUT2D eigenvalue weighted by Gasteiger charge is 2.06. The van der Waals surface area contributed by atoms with Gasteiger partial charge in [-0.2, -0.15) is 0 Å². The van der Waals surface area contributed by atoms with Gasteiger partial charge in [-0.15, -0.1) is 0 Å². The molecule has 3 nitrogen and oxygen atoms in total. The van der Waals surface area contributed by atoms with E-state index in [2.05, 4.69) is 4.98 Å². The number of carbonyl (C=O) groups is 1. The van der Waals surface area contributed by atoms with Crippen molar-refractivity contribution in [1.29, 1.82) is 0 Å². The molecule has 2 aromatic rings. The Balaban J connectivity index is 2.28.